The first-order chi connectivity index (χ1) is 13.9. The summed E-state index contributed by atoms with van der Waals surface area (Å²) in [6, 6.07) is 13.3. The Hall–Kier alpha value is -3.30. The molecule has 3 rings (SSSR count). The highest BCUT2D eigenvalue weighted by Crippen LogP contribution is 2.22. The number of nitrogens with zero attached hydrogens (tertiary/aromatic N) is 2. The summed E-state index contributed by atoms with van der Waals surface area (Å²) in [6.07, 6.45) is 1.59. The van der Waals surface area contributed by atoms with Crippen LogP contribution in [0.1, 0.15) is 24.5 Å². The molecule has 0 atom stereocenters. The van der Waals surface area contributed by atoms with Crippen LogP contribution in [0.25, 0.3) is 0 Å². The first-order valence-corrected chi connectivity index (χ1v) is 9.00. The molecule has 1 amide bonds. The number of amides is 1. The third-order valence-electron chi connectivity index (χ3n) is 4.22. The van der Waals surface area contributed by atoms with E-state index < -0.39 is 10.7 Å². The van der Waals surface area contributed by atoms with Gasteiger partial charge in [0.1, 0.15) is 12.4 Å². The molecule has 2 aromatic carbocycles. The predicted molar refractivity (Wildman–Crippen MR) is 105 cm³/mol. The summed E-state index contributed by atoms with van der Waals surface area (Å²) in [4.78, 5) is 22.1. The van der Waals surface area contributed by atoms with Crippen LogP contribution in [-0.4, -0.2) is 36.0 Å². The standard InChI is InChI=1S/C20H21N3O6/c1-20(28-10-11-29-20)12-19(24)22-21-13-15-4-8-18(9-5-15)27-14-16-2-6-17(7-3-16)23(25)26/h2-9,13H,10-12,14H2,1H3,(H,22,24). The van der Waals surface area contributed by atoms with Crippen LogP contribution in [0.2, 0.25) is 0 Å². The molecular formula is C20H21N3O6. The number of benzene rings is 2. The number of hydrazone groups is 1. The van der Waals surface area contributed by atoms with Gasteiger partial charge in [-0.3, -0.25) is 14.9 Å². The summed E-state index contributed by atoms with van der Waals surface area (Å²) in [6.45, 7) is 2.97. The monoisotopic (exact) mass is 399 g/mol. The number of non-ortho nitro benzene ring substituents is 1. The summed E-state index contributed by atoms with van der Waals surface area (Å²) in [5.74, 6) is -0.538. The normalized spacial score (nSPS) is 15.3. The van der Waals surface area contributed by atoms with Crippen LogP contribution in [-0.2, 0) is 20.9 Å². The highest BCUT2D eigenvalue weighted by atomic mass is 16.7. The van der Waals surface area contributed by atoms with E-state index in [1.165, 1.54) is 18.3 Å². The van der Waals surface area contributed by atoms with Gasteiger partial charge in [0.15, 0.2) is 5.79 Å². The van der Waals surface area contributed by atoms with E-state index in [1.807, 2.05) is 0 Å². The molecule has 2 aromatic rings. The van der Waals surface area contributed by atoms with E-state index in [-0.39, 0.29) is 18.0 Å². The highest BCUT2D eigenvalue weighted by molar-refractivity contribution is 5.82. The van der Waals surface area contributed by atoms with Crippen LogP contribution in [0.4, 0.5) is 5.69 Å². The van der Waals surface area contributed by atoms with Gasteiger partial charge in [-0.25, -0.2) is 5.43 Å². The molecule has 0 aromatic heterocycles. The number of hydrogen-bond acceptors (Lipinski definition) is 7. The first kappa shape index (κ1) is 20.4. The minimum atomic E-state index is -0.887. The Kier molecular flexibility index (Phi) is 6.53. The lowest BCUT2D eigenvalue weighted by atomic mass is 10.2. The Morgan fingerprint density at radius 1 is 1.21 bits per heavy atom. The molecular weight excluding hydrogens is 378 g/mol. The molecule has 152 valence electrons. The molecule has 0 spiro atoms. The topological polar surface area (TPSA) is 112 Å². The van der Waals surface area contributed by atoms with E-state index in [1.54, 1.807) is 43.3 Å². The largest absolute Gasteiger partial charge is 0.489 e. The second kappa shape index (κ2) is 9.26. The van der Waals surface area contributed by atoms with E-state index in [0.717, 1.165) is 11.1 Å². The summed E-state index contributed by atoms with van der Waals surface area (Å²) in [5.41, 5.74) is 4.10. The molecule has 1 saturated heterocycles. The van der Waals surface area contributed by atoms with Crippen LogP contribution in [0.15, 0.2) is 53.6 Å². The van der Waals surface area contributed by atoms with E-state index in [9.17, 15) is 14.9 Å². The van der Waals surface area contributed by atoms with Crippen molar-refractivity contribution < 1.29 is 23.9 Å². The van der Waals surface area contributed by atoms with E-state index >= 15 is 0 Å². The number of rotatable bonds is 8. The molecule has 0 radical (unpaired) electrons. The van der Waals surface area contributed by atoms with Crippen molar-refractivity contribution in [3.8, 4) is 5.75 Å². The Balaban J connectivity index is 1.45. The Labute approximate surface area is 167 Å². The third kappa shape index (κ3) is 6.09. The second-order valence-electron chi connectivity index (χ2n) is 6.58. The Morgan fingerprint density at radius 3 is 2.48 bits per heavy atom. The van der Waals surface area contributed by atoms with Crippen molar-refractivity contribution in [2.24, 2.45) is 5.10 Å². The molecule has 1 aliphatic heterocycles. The molecule has 0 saturated carbocycles. The SMILES string of the molecule is CC1(CC(=O)NN=Cc2ccc(OCc3ccc([N+](=O)[O-])cc3)cc2)OCCO1. The van der Waals surface area contributed by atoms with E-state index in [0.29, 0.717) is 25.6 Å². The van der Waals surface area contributed by atoms with Crippen molar-refractivity contribution in [3.05, 3.63) is 69.8 Å². The van der Waals surface area contributed by atoms with Crippen LogP contribution < -0.4 is 10.2 Å². The zero-order valence-electron chi connectivity index (χ0n) is 15.9. The maximum atomic E-state index is 11.9. The van der Waals surface area contributed by atoms with Gasteiger partial charge in [0.25, 0.3) is 5.69 Å². The van der Waals surface area contributed by atoms with Crippen LogP contribution in [0.5, 0.6) is 5.75 Å². The van der Waals surface area contributed by atoms with E-state index in [4.69, 9.17) is 14.2 Å². The fraction of sp³-hybridized carbons (Fsp3) is 0.300. The van der Waals surface area contributed by atoms with E-state index in [2.05, 4.69) is 10.5 Å². The second-order valence-corrected chi connectivity index (χ2v) is 6.58. The van der Waals surface area contributed by atoms with Crippen LogP contribution >= 0.6 is 0 Å². The lowest BCUT2D eigenvalue weighted by Gasteiger charge is -2.20. The number of nitrogens with one attached hydrogen (secondary N) is 1. The summed E-state index contributed by atoms with van der Waals surface area (Å²) < 4.78 is 16.4. The van der Waals surface area contributed by atoms with Crippen molar-refractivity contribution in [2.75, 3.05) is 13.2 Å². The van der Waals surface area contributed by atoms with Gasteiger partial charge in [-0.2, -0.15) is 5.10 Å². The van der Waals surface area contributed by atoms with Crippen molar-refractivity contribution in [2.45, 2.75) is 25.7 Å². The lowest BCUT2D eigenvalue weighted by Crippen LogP contribution is -2.33. The molecule has 29 heavy (non-hydrogen) atoms. The molecule has 1 heterocycles. The van der Waals surface area contributed by atoms with Crippen molar-refractivity contribution in [1.82, 2.24) is 5.43 Å². The predicted octanol–water partition coefficient (Wildman–Crippen LogP) is 2.78. The average molecular weight is 399 g/mol. The molecule has 0 aliphatic carbocycles. The number of carbonyl (C=O) groups is 1. The molecule has 1 fully saturated rings. The molecule has 0 bridgehead atoms. The molecule has 1 aliphatic rings. The molecule has 9 heteroatoms. The number of ether oxygens (including phenoxy) is 3. The number of carbonyl (C=O) groups excluding carboxylic acids is 1. The average Bonchev–Trinajstić information content (AvgIpc) is 3.13. The van der Waals surface area contributed by atoms with Crippen LogP contribution in [0.3, 0.4) is 0 Å². The van der Waals surface area contributed by atoms with Crippen molar-refractivity contribution >= 4 is 17.8 Å². The molecule has 9 nitrogen and oxygen atoms in total. The fourth-order valence-electron chi connectivity index (χ4n) is 2.70. The first-order valence-electron chi connectivity index (χ1n) is 9.00. The van der Waals surface area contributed by atoms with Gasteiger partial charge in [0, 0.05) is 12.1 Å². The van der Waals surface area contributed by atoms with Gasteiger partial charge >= 0.3 is 0 Å². The van der Waals surface area contributed by atoms with Crippen molar-refractivity contribution in [3.63, 3.8) is 0 Å². The van der Waals surface area contributed by atoms with Gasteiger partial charge < -0.3 is 14.2 Å². The Bertz CT molecular complexity index is 874. The van der Waals surface area contributed by atoms with Crippen LogP contribution in [0, 0.1) is 10.1 Å². The summed E-state index contributed by atoms with van der Waals surface area (Å²) in [5, 5.41) is 14.6. The van der Waals surface area contributed by atoms with Gasteiger partial charge in [-0.05, 0) is 54.4 Å². The van der Waals surface area contributed by atoms with Crippen molar-refractivity contribution in [1.29, 1.82) is 0 Å². The van der Waals surface area contributed by atoms with Gasteiger partial charge in [0.2, 0.25) is 5.91 Å². The quantitative estimate of drug-likeness (QED) is 0.415. The van der Waals surface area contributed by atoms with Gasteiger partial charge in [-0.1, -0.05) is 0 Å². The zero-order chi connectivity index (χ0) is 20.7. The smallest absolute Gasteiger partial charge is 0.269 e. The third-order valence-corrected chi connectivity index (χ3v) is 4.22. The number of hydrogen-bond donors (Lipinski definition) is 1. The summed E-state index contributed by atoms with van der Waals surface area (Å²) >= 11 is 0. The fourth-order valence-corrected chi connectivity index (χ4v) is 2.70. The molecule has 0 unspecified atom stereocenters. The summed E-state index contributed by atoms with van der Waals surface area (Å²) in [7, 11) is 0. The maximum absolute atomic E-state index is 11.9. The number of nitro benzene ring substituents is 1. The lowest BCUT2D eigenvalue weighted by molar-refractivity contribution is -0.384. The van der Waals surface area contributed by atoms with Gasteiger partial charge in [-0.15, -0.1) is 0 Å². The Morgan fingerprint density at radius 2 is 1.86 bits per heavy atom. The minimum Gasteiger partial charge on any atom is -0.489 e. The number of nitro groups is 1. The zero-order valence-corrected chi connectivity index (χ0v) is 15.9. The maximum Gasteiger partial charge on any atom is 0.269 e. The van der Waals surface area contributed by atoms with Gasteiger partial charge in [0.05, 0.1) is 30.8 Å². The molecule has 1 N–H and O–H groups in total. The minimum absolute atomic E-state index is 0.0434. The highest BCUT2D eigenvalue weighted by Gasteiger charge is 2.33.